The summed E-state index contributed by atoms with van der Waals surface area (Å²) in [4.78, 5) is 13.3. The molecule has 3 aromatic rings. The molecule has 2 N–H and O–H groups in total. The van der Waals surface area contributed by atoms with Crippen molar-refractivity contribution in [3.63, 3.8) is 0 Å². The second kappa shape index (κ2) is 8.66. The van der Waals surface area contributed by atoms with Gasteiger partial charge in [0.1, 0.15) is 0 Å². The Hall–Kier alpha value is -2.89. The molecule has 2 aromatic carbocycles. The Balaban J connectivity index is 1.56. The van der Waals surface area contributed by atoms with Gasteiger partial charge in [-0.05, 0) is 42.3 Å². The molecular formula is C22H25N3O2. The van der Waals surface area contributed by atoms with E-state index in [1.807, 2.05) is 12.1 Å². The highest BCUT2D eigenvalue weighted by molar-refractivity contribution is 5.90. The summed E-state index contributed by atoms with van der Waals surface area (Å²) in [5, 5.41) is 9.82. The maximum Gasteiger partial charge on any atom is 0.267 e. The van der Waals surface area contributed by atoms with E-state index in [0.29, 0.717) is 0 Å². The molecule has 140 valence electrons. The maximum atomic E-state index is 11.0. The molecule has 0 aliphatic carbocycles. The minimum Gasteiger partial charge on any atom is -0.350 e. The number of aromatic nitrogens is 1. The predicted molar refractivity (Wildman–Crippen MR) is 108 cm³/mol. The van der Waals surface area contributed by atoms with Gasteiger partial charge in [0.15, 0.2) is 0 Å². The van der Waals surface area contributed by atoms with Crippen molar-refractivity contribution in [2.45, 2.75) is 13.0 Å². The Labute approximate surface area is 159 Å². The largest absolute Gasteiger partial charge is 0.350 e. The van der Waals surface area contributed by atoms with E-state index >= 15 is 0 Å². The first-order valence-electron chi connectivity index (χ1n) is 8.99. The van der Waals surface area contributed by atoms with Crippen LogP contribution in [0, 0.1) is 0 Å². The van der Waals surface area contributed by atoms with Crippen LogP contribution in [0.4, 0.5) is 0 Å². The van der Waals surface area contributed by atoms with Gasteiger partial charge in [0.2, 0.25) is 0 Å². The average Bonchev–Trinajstić information content (AvgIpc) is 3.01. The number of carbonyl (C=O) groups is 1. The lowest BCUT2D eigenvalue weighted by Gasteiger charge is -2.16. The number of aryl methyl sites for hydroxylation is 1. The van der Waals surface area contributed by atoms with Crippen LogP contribution < -0.4 is 5.48 Å². The number of amides is 1. The van der Waals surface area contributed by atoms with Crippen LogP contribution in [0.2, 0.25) is 0 Å². The van der Waals surface area contributed by atoms with E-state index in [4.69, 9.17) is 5.21 Å². The quantitative estimate of drug-likeness (QED) is 0.384. The molecule has 0 unspecified atom stereocenters. The first kappa shape index (κ1) is 18.9. The predicted octanol–water partition coefficient (Wildman–Crippen LogP) is 3.37. The number of para-hydroxylation sites is 1. The number of nitrogens with one attached hydrogen (secondary N) is 1. The number of fused-ring (bicyclic) bond motifs is 1. The standard InChI is InChI=1S/C22H25N3O2/c1-24(14-13-19-16-25(2)21-6-4-3-5-20(19)21)15-18-9-7-17(8-10-18)11-12-22(26)23-27/h3-12,16,27H,13-15H2,1-2H3,(H,23,26)/b12-11+. The van der Waals surface area contributed by atoms with Crippen LogP contribution in [0.3, 0.4) is 0 Å². The van der Waals surface area contributed by atoms with E-state index in [1.165, 1.54) is 28.1 Å². The minimum atomic E-state index is -0.535. The van der Waals surface area contributed by atoms with Crippen molar-refractivity contribution in [3.05, 3.63) is 77.5 Å². The summed E-state index contributed by atoms with van der Waals surface area (Å²) < 4.78 is 2.19. The van der Waals surface area contributed by atoms with Gasteiger partial charge < -0.3 is 9.47 Å². The Morgan fingerprint density at radius 2 is 1.93 bits per heavy atom. The van der Waals surface area contributed by atoms with Gasteiger partial charge in [0, 0.05) is 43.3 Å². The fourth-order valence-electron chi connectivity index (χ4n) is 3.27. The Kier molecular flexibility index (Phi) is 6.06. The number of nitrogens with zero attached hydrogens (tertiary/aromatic N) is 2. The molecule has 0 radical (unpaired) electrons. The molecule has 0 aliphatic heterocycles. The van der Waals surface area contributed by atoms with Gasteiger partial charge >= 0.3 is 0 Å². The topological polar surface area (TPSA) is 57.5 Å². The Morgan fingerprint density at radius 3 is 2.67 bits per heavy atom. The third-order valence-electron chi connectivity index (χ3n) is 4.71. The second-order valence-electron chi connectivity index (χ2n) is 6.82. The fraction of sp³-hybridized carbons (Fsp3) is 0.227. The van der Waals surface area contributed by atoms with E-state index in [-0.39, 0.29) is 0 Å². The summed E-state index contributed by atoms with van der Waals surface area (Å²) >= 11 is 0. The highest BCUT2D eigenvalue weighted by Crippen LogP contribution is 2.21. The summed E-state index contributed by atoms with van der Waals surface area (Å²) in [6, 6.07) is 16.6. The van der Waals surface area contributed by atoms with Crippen LogP contribution in [0.25, 0.3) is 17.0 Å². The molecule has 0 bridgehead atoms. The van der Waals surface area contributed by atoms with Crippen LogP contribution >= 0.6 is 0 Å². The van der Waals surface area contributed by atoms with Crippen molar-refractivity contribution < 1.29 is 10.0 Å². The van der Waals surface area contributed by atoms with Gasteiger partial charge in [0.05, 0.1) is 0 Å². The van der Waals surface area contributed by atoms with Crippen molar-refractivity contribution in [1.82, 2.24) is 14.9 Å². The number of hydrogen-bond acceptors (Lipinski definition) is 3. The maximum absolute atomic E-state index is 11.0. The van der Waals surface area contributed by atoms with Gasteiger partial charge in [-0.2, -0.15) is 0 Å². The molecule has 5 nitrogen and oxygen atoms in total. The summed E-state index contributed by atoms with van der Waals surface area (Å²) in [7, 11) is 4.22. The lowest BCUT2D eigenvalue weighted by molar-refractivity contribution is -0.124. The molecule has 0 atom stereocenters. The molecule has 1 amide bonds. The van der Waals surface area contributed by atoms with Gasteiger partial charge in [0.25, 0.3) is 5.91 Å². The molecule has 0 saturated heterocycles. The SMILES string of the molecule is CN(CCc1cn(C)c2ccccc12)Cc1ccc(/C=C/C(=O)NO)cc1. The van der Waals surface area contributed by atoms with Gasteiger partial charge in [-0.15, -0.1) is 0 Å². The summed E-state index contributed by atoms with van der Waals surface area (Å²) in [6.07, 6.45) is 6.20. The Bertz CT molecular complexity index is 942. The minimum absolute atomic E-state index is 0.535. The molecule has 0 aliphatic rings. The van der Waals surface area contributed by atoms with E-state index in [1.54, 1.807) is 11.6 Å². The molecule has 1 aromatic heterocycles. The van der Waals surface area contributed by atoms with Crippen LogP contribution in [0.1, 0.15) is 16.7 Å². The van der Waals surface area contributed by atoms with E-state index in [0.717, 1.165) is 25.1 Å². The lowest BCUT2D eigenvalue weighted by Crippen LogP contribution is -2.20. The average molecular weight is 363 g/mol. The molecular weight excluding hydrogens is 338 g/mol. The monoisotopic (exact) mass is 363 g/mol. The Morgan fingerprint density at radius 1 is 1.19 bits per heavy atom. The van der Waals surface area contributed by atoms with Crippen molar-refractivity contribution >= 4 is 22.9 Å². The first-order valence-corrected chi connectivity index (χ1v) is 8.99. The van der Waals surface area contributed by atoms with Crippen molar-refractivity contribution in [1.29, 1.82) is 0 Å². The first-order chi connectivity index (χ1) is 13.1. The highest BCUT2D eigenvalue weighted by Gasteiger charge is 2.07. The molecule has 0 fully saturated rings. The van der Waals surface area contributed by atoms with Gasteiger partial charge in [-0.25, -0.2) is 5.48 Å². The number of hydroxylamine groups is 1. The number of benzene rings is 2. The normalized spacial score (nSPS) is 11.6. The van der Waals surface area contributed by atoms with Crippen LogP contribution in [0.5, 0.6) is 0 Å². The molecule has 27 heavy (non-hydrogen) atoms. The number of likely N-dealkylation sites (N-methyl/N-ethyl adjacent to an activating group) is 1. The highest BCUT2D eigenvalue weighted by atomic mass is 16.5. The summed E-state index contributed by atoms with van der Waals surface area (Å²) in [5.41, 5.74) is 6.37. The molecule has 3 rings (SSSR count). The fourth-order valence-corrected chi connectivity index (χ4v) is 3.27. The lowest BCUT2D eigenvalue weighted by atomic mass is 10.1. The zero-order valence-electron chi connectivity index (χ0n) is 15.7. The third-order valence-corrected chi connectivity index (χ3v) is 4.71. The van der Waals surface area contributed by atoms with Crippen molar-refractivity contribution in [2.24, 2.45) is 7.05 Å². The smallest absolute Gasteiger partial charge is 0.267 e. The number of carbonyl (C=O) groups excluding carboxylic acids is 1. The molecule has 0 spiro atoms. The van der Waals surface area contributed by atoms with Crippen molar-refractivity contribution in [3.8, 4) is 0 Å². The van der Waals surface area contributed by atoms with E-state index in [9.17, 15) is 4.79 Å². The van der Waals surface area contributed by atoms with Crippen LogP contribution in [-0.4, -0.2) is 34.2 Å². The molecule has 1 heterocycles. The zero-order valence-corrected chi connectivity index (χ0v) is 15.7. The van der Waals surface area contributed by atoms with E-state index < -0.39 is 5.91 Å². The molecule has 0 saturated carbocycles. The molecule has 5 heteroatoms. The third kappa shape index (κ3) is 4.84. The zero-order chi connectivity index (χ0) is 19.2. The van der Waals surface area contributed by atoms with Crippen LogP contribution in [-0.2, 0) is 24.8 Å². The second-order valence-corrected chi connectivity index (χ2v) is 6.82. The summed E-state index contributed by atoms with van der Waals surface area (Å²) in [6.45, 7) is 1.85. The van der Waals surface area contributed by atoms with E-state index in [2.05, 4.69) is 66.2 Å². The van der Waals surface area contributed by atoms with Gasteiger partial charge in [-0.1, -0.05) is 42.5 Å². The number of hydrogen-bond donors (Lipinski definition) is 2. The summed E-state index contributed by atoms with van der Waals surface area (Å²) in [5.74, 6) is -0.535. The number of rotatable bonds is 7. The van der Waals surface area contributed by atoms with Crippen molar-refractivity contribution in [2.75, 3.05) is 13.6 Å². The van der Waals surface area contributed by atoms with Crippen LogP contribution in [0.15, 0.2) is 60.8 Å². The van der Waals surface area contributed by atoms with Gasteiger partial charge in [-0.3, -0.25) is 10.0 Å².